The van der Waals surface area contributed by atoms with Crippen molar-refractivity contribution in [2.75, 3.05) is 6.61 Å². The van der Waals surface area contributed by atoms with Gasteiger partial charge in [-0.1, -0.05) is 13.8 Å². The Morgan fingerprint density at radius 1 is 1.75 bits per heavy atom. The summed E-state index contributed by atoms with van der Waals surface area (Å²) in [5.41, 5.74) is -0.156. The molecule has 0 unspecified atom stereocenters. The molecule has 44 valence electrons. The first kappa shape index (κ1) is 5.60. The highest BCUT2D eigenvalue weighted by molar-refractivity contribution is 5.82. The number of ether oxygens (including phenoxy) is 1. The molecule has 0 bridgehead atoms. The van der Waals surface area contributed by atoms with Crippen LogP contribution in [0, 0.1) is 11.8 Å². The molecule has 0 spiro atoms. The summed E-state index contributed by atoms with van der Waals surface area (Å²) >= 11 is 0. The van der Waals surface area contributed by atoms with E-state index in [0.29, 0.717) is 6.61 Å². The summed E-state index contributed by atoms with van der Waals surface area (Å²) in [6.45, 7) is 4.31. The van der Waals surface area contributed by atoms with E-state index >= 15 is 0 Å². The van der Waals surface area contributed by atoms with Crippen molar-refractivity contribution in [3.63, 3.8) is 0 Å². The Kier molecular flexibility index (Phi) is 1.03. The van der Waals surface area contributed by atoms with Crippen LogP contribution in [0.3, 0.4) is 0 Å². The molecule has 2 nitrogen and oxygen atoms in total. The Balaban J connectivity index is 2.56. The SMILES string of the molecule is CC1(C)[C]C(=O)OC1. The topological polar surface area (TPSA) is 26.3 Å². The van der Waals surface area contributed by atoms with Gasteiger partial charge in [0.25, 0.3) is 0 Å². The monoisotopic (exact) mass is 112 g/mol. The fourth-order valence-corrected chi connectivity index (χ4v) is 0.594. The van der Waals surface area contributed by atoms with Gasteiger partial charge in [0.15, 0.2) is 0 Å². The van der Waals surface area contributed by atoms with Crippen LogP contribution in [0.4, 0.5) is 0 Å². The van der Waals surface area contributed by atoms with E-state index in [1.165, 1.54) is 0 Å². The average molecular weight is 112 g/mol. The molecule has 1 heterocycles. The molecule has 0 aromatic rings. The van der Waals surface area contributed by atoms with Gasteiger partial charge in [0.1, 0.15) is 6.42 Å². The van der Waals surface area contributed by atoms with E-state index in [4.69, 9.17) is 0 Å². The number of carbonyl (C=O) groups is 1. The zero-order valence-corrected chi connectivity index (χ0v) is 5.02. The third-order valence-corrected chi connectivity index (χ3v) is 1.00. The zero-order chi connectivity index (χ0) is 6.20. The molecule has 1 saturated heterocycles. The molecule has 1 aliphatic heterocycles. The van der Waals surface area contributed by atoms with Gasteiger partial charge >= 0.3 is 5.97 Å². The molecule has 0 aromatic carbocycles. The highest BCUT2D eigenvalue weighted by Crippen LogP contribution is 2.25. The lowest BCUT2D eigenvalue weighted by atomic mass is 9.93. The number of hydrogen-bond acceptors (Lipinski definition) is 2. The maximum Gasteiger partial charge on any atom is 0.315 e. The molecule has 1 rings (SSSR count). The normalized spacial score (nSPS) is 25.5. The Labute approximate surface area is 48.8 Å². The number of rotatable bonds is 0. The van der Waals surface area contributed by atoms with E-state index in [-0.39, 0.29) is 11.4 Å². The third kappa shape index (κ3) is 0.997. The minimum Gasteiger partial charge on any atom is -0.465 e. The van der Waals surface area contributed by atoms with Crippen LogP contribution in [0.25, 0.3) is 0 Å². The summed E-state index contributed by atoms with van der Waals surface area (Å²) < 4.78 is 4.62. The van der Waals surface area contributed by atoms with Crippen LogP contribution in [0.2, 0.25) is 0 Å². The van der Waals surface area contributed by atoms with Gasteiger partial charge in [0, 0.05) is 5.41 Å². The van der Waals surface area contributed by atoms with Gasteiger partial charge in [-0.15, -0.1) is 0 Å². The molecule has 1 aliphatic rings. The van der Waals surface area contributed by atoms with Gasteiger partial charge in [-0.2, -0.15) is 0 Å². The third-order valence-electron chi connectivity index (χ3n) is 1.00. The molecule has 0 N–H and O–H groups in total. The first-order valence-electron chi connectivity index (χ1n) is 2.55. The van der Waals surface area contributed by atoms with Crippen molar-refractivity contribution in [1.29, 1.82) is 0 Å². The molecular weight excluding hydrogens is 104 g/mol. The largest absolute Gasteiger partial charge is 0.465 e. The summed E-state index contributed by atoms with van der Waals surface area (Å²) in [6, 6.07) is 0. The standard InChI is InChI=1S/C6H8O2/c1-6(2)3-5(7)8-4-6/h4H2,1-2H3. The van der Waals surface area contributed by atoms with Gasteiger partial charge in [-0.25, -0.2) is 0 Å². The highest BCUT2D eigenvalue weighted by Gasteiger charge is 2.32. The summed E-state index contributed by atoms with van der Waals surface area (Å²) in [4.78, 5) is 10.3. The van der Waals surface area contributed by atoms with Gasteiger partial charge in [0.2, 0.25) is 0 Å². The number of esters is 1. The molecule has 0 saturated carbocycles. The van der Waals surface area contributed by atoms with E-state index in [1.807, 2.05) is 13.8 Å². The van der Waals surface area contributed by atoms with Crippen LogP contribution in [0.5, 0.6) is 0 Å². The summed E-state index contributed by atoms with van der Waals surface area (Å²) in [6.07, 6.45) is 2.63. The van der Waals surface area contributed by atoms with Crippen molar-refractivity contribution >= 4 is 5.97 Å². The molecule has 0 amide bonds. The van der Waals surface area contributed by atoms with Crippen LogP contribution in [-0.2, 0) is 9.53 Å². The predicted molar refractivity (Wildman–Crippen MR) is 28.0 cm³/mol. The van der Waals surface area contributed by atoms with E-state index in [2.05, 4.69) is 11.2 Å². The van der Waals surface area contributed by atoms with Crippen molar-refractivity contribution < 1.29 is 9.53 Å². The molecule has 2 radical (unpaired) electrons. The van der Waals surface area contributed by atoms with E-state index < -0.39 is 0 Å². The van der Waals surface area contributed by atoms with Gasteiger partial charge in [-0.3, -0.25) is 4.79 Å². The van der Waals surface area contributed by atoms with Crippen LogP contribution >= 0.6 is 0 Å². The molecule has 2 heteroatoms. The lowest BCUT2D eigenvalue weighted by Crippen LogP contribution is -2.09. The molecule has 0 atom stereocenters. The summed E-state index contributed by atoms with van der Waals surface area (Å²) in [7, 11) is 0. The lowest BCUT2D eigenvalue weighted by Gasteiger charge is -2.08. The predicted octanol–water partition coefficient (Wildman–Crippen LogP) is 0.651. The van der Waals surface area contributed by atoms with Gasteiger partial charge in [0.05, 0.1) is 6.61 Å². The van der Waals surface area contributed by atoms with Crippen molar-refractivity contribution in [2.45, 2.75) is 13.8 Å². The Morgan fingerprint density at radius 3 is 2.50 bits per heavy atom. The quantitative estimate of drug-likeness (QED) is 0.430. The zero-order valence-electron chi connectivity index (χ0n) is 5.02. The van der Waals surface area contributed by atoms with Crippen molar-refractivity contribution in [3.05, 3.63) is 6.42 Å². The second-order valence-corrected chi connectivity index (χ2v) is 2.59. The Morgan fingerprint density at radius 2 is 2.38 bits per heavy atom. The first-order valence-corrected chi connectivity index (χ1v) is 2.55. The van der Waals surface area contributed by atoms with E-state index in [0.717, 1.165) is 0 Å². The minimum absolute atomic E-state index is 0.156. The van der Waals surface area contributed by atoms with Crippen LogP contribution in [0.15, 0.2) is 0 Å². The second-order valence-electron chi connectivity index (χ2n) is 2.59. The average Bonchev–Trinajstić information content (AvgIpc) is 1.82. The highest BCUT2D eigenvalue weighted by atomic mass is 16.5. The van der Waals surface area contributed by atoms with E-state index in [9.17, 15) is 4.79 Å². The molecule has 0 aromatic heterocycles. The van der Waals surface area contributed by atoms with E-state index in [1.54, 1.807) is 0 Å². The fourth-order valence-electron chi connectivity index (χ4n) is 0.594. The van der Waals surface area contributed by atoms with Crippen LogP contribution in [0.1, 0.15) is 13.8 Å². The minimum atomic E-state index is -0.310. The smallest absolute Gasteiger partial charge is 0.315 e. The van der Waals surface area contributed by atoms with Gasteiger partial charge in [-0.05, 0) is 0 Å². The van der Waals surface area contributed by atoms with Crippen LogP contribution < -0.4 is 0 Å². The van der Waals surface area contributed by atoms with Gasteiger partial charge < -0.3 is 4.74 Å². The first-order chi connectivity index (χ1) is 3.60. The molecular formula is C6H8O2. The molecule has 1 fully saturated rings. The van der Waals surface area contributed by atoms with Crippen molar-refractivity contribution in [2.24, 2.45) is 5.41 Å². The summed E-state index contributed by atoms with van der Waals surface area (Å²) in [5.74, 6) is -0.310. The molecule has 0 aliphatic carbocycles. The molecule has 8 heavy (non-hydrogen) atoms. The number of hydrogen-bond donors (Lipinski definition) is 0. The Bertz CT molecular complexity index is 116. The lowest BCUT2D eigenvalue weighted by molar-refractivity contribution is -0.135. The Hall–Kier alpha value is -0.530. The summed E-state index contributed by atoms with van der Waals surface area (Å²) in [5, 5.41) is 0. The maximum absolute atomic E-state index is 10.3. The van der Waals surface area contributed by atoms with Crippen molar-refractivity contribution in [3.8, 4) is 0 Å². The maximum atomic E-state index is 10.3. The number of carbonyl (C=O) groups excluding carboxylic acids is 1. The van der Waals surface area contributed by atoms with Crippen LogP contribution in [-0.4, -0.2) is 12.6 Å². The van der Waals surface area contributed by atoms with Crippen molar-refractivity contribution in [1.82, 2.24) is 0 Å². The number of cyclic esters (lactones) is 1. The fraction of sp³-hybridized carbons (Fsp3) is 0.667. The second kappa shape index (κ2) is 1.47.